The third-order valence-electron chi connectivity index (χ3n) is 6.69. The van der Waals surface area contributed by atoms with Crippen molar-refractivity contribution in [2.45, 2.75) is 31.8 Å². The van der Waals surface area contributed by atoms with Crippen LogP contribution in [-0.4, -0.2) is 64.2 Å². The highest BCUT2D eigenvalue weighted by molar-refractivity contribution is 5.97. The van der Waals surface area contributed by atoms with E-state index in [1.165, 1.54) is 12.1 Å². The molecular weight excluding hydrogens is 436 g/mol. The number of hydrogen-bond donors (Lipinski definition) is 2. The molecule has 0 saturated carbocycles. The number of fused-ring (bicyclic) bond motifs is 4. The molecular formula is C25H27N4O5-. The Morgan fingerprint density at radius 1 is 1.18 bits per heavy atom. The third-order valence-corrected chi connectivity index (χ3v) is 6.69. The fraction of sp³-hybridized carbons (Fsp3) is 0.360. The summed E-state index contributed by atoms with van der Waals surface area (Å²) in [5, 5.41) is 21.3. The molecule has 1 saturated heterocycles. The van der Waals surface area contributed by atoms with Gasteiger partial charge < -0.3 is 30.0 Å². The van der Waals surface area contributed by atoms with Gasteiger partial charge in [0.2, 0.25) is 11.8 Å². The fourth-order valence-corrected chi connectivity index (χ4v) is 5.15. The minimum absolute atomic E-state index is 0.0244. The lowest BCUT2D eigenvalue weighted by Gasteiger charge is -2.47. The molecule has 1 fully saturated rings. The highest BCUT2D eigenvalue weighted by atomic mass is 16.8. The van der Waals surface area contributed by atoms with Crippen molar-refractivity contribution in [2.24, 2.45) is 0 Å². The molecule has 2 aromatic carbocycles. The highest BCUT2D eigenvalue weighted by Gasteiger charge is 2.48. The number of rotatable bonds is 7. The van der Waals surface area contributed by atoms with E-state index >= 15 is 0 Å². The van der Waals surface area contributed by atoms with E-state index in [1.807, 2.05) is 31.2 Å². The van der Waals surface area contributed by atoms with Crippen LogP contribution >= 0.6 is 0 Å². The Bertz CT molecular complexity index is 1210. The standard InChI is InChI=1S/C25H27N4O5/c1-2-34-13-5-12-27-15-22(30)28-21(25(27)31)14-19-18-6-3-4-7-20(18)26-23(19)24(28)16-8-10-17(11-9-16)29(32)33/h3-4,6-11,21,24,26,32H,2,5,12-15H2,1H3/q-1/t21-,24?/m0/s1. The normalized spacial score (nSPS) is 20.0. The molecule has 3 heterocycles. The average Bonchev–Trinajstić information content (AvgIpc) is 3.22. The predicted molar refractivity (Wildman–Crippen MR) is 126 cm³/mol. The van der Waals surface area contributed by atoms with Crippen LogP contribution in [0.1, 0.15) is 36.2 Å². The summed E-state index contributed by atoms with van der Waals surface area (Å²) in [5.41, 5.74) is 3.70. The largest absolute Gasteiger partial charge is 0.733 e. The Labute approximate surface area is 197 Å². The lowest BCUT2D eigenvalue weighted by atomic mass is 9.86. The molecule has 34 heavy (non-hydrogen) atoms. The monoisotopic (exact) mass is 463 g/mol. The number of para-hydroxylation sites is 1. The molecule has 2 aliphatic rings. The van der Waals surface area contributed by atoms with E-state index in [0.717, 1.165) is 27.7 Å². The number of nitrogens with zero attached hydrogens (tertiary/aromatic N) is 3. The number of carbonyl (C=O) groups is 2. The van der Waals surface area contributed by atoms with Crippen LogP contribution in [0.2, 0.25) is 0 Å². The SMILES string of the molecule is CCOCCCN1CC(=O)N2C(c3ccc(N([O-])O)cc3)c3[nH]c4ccccc4c3C[C@H]2C1=O. The summed E-state index contributed by atoms with van der Waals surface area (Å²) in [5.74, 6) is -0.179. The second-order valence-electron chi connectivity index (χ2n) is 8.66. The zero-order chi connectivity index (χ0) is 23.8. The number of piperazine rings is 1. The highest BCUT2D eigenvalue weighted by Crippen LogP contribution is 2.42. The number of aromatic nitrogens is 1. The number of carbonyl (C=O) groups excluding carboxylic acids is 2. The van der Waals surface area contributed by atoms with Gasteiger partial charge in [-0.05, 0) is 42.7 Å². The molecule has 9 nitrogen and oxygen atoms in total. The summed E-state index contributed by atoms with van der Waals surface area (Å²) in [6.45, 7) is 3.59. The number of ether oxygens (including phenoxy) is 1. The van der Waals surface area contributed by atoms with Crippen molar-refractivity contribution in [3.8, 4) is 0 Å². The van der Waals surface area contributed by atoms with Crippen molar-refractivity contribution in [1.29, 1.82) is 0 Å². The lowest BCUT2D eigenvalue weighted by Crippen LogP contribution is -2.63. The molecule has 0 aliphatic carbocycles. The van der Waals surface area contributed by atoms with Crippen molar-refractivity contribution in [3.05, 3.63) is 70.6 Å². The van der Waals surface area contributed by atoms with Crippen LogP contribution in [0.5, 0.6) is 0 Å². The van der Waals surface area contributed by atoms with Gasteiger partial charge in [0.1, 0.15) is 6.04 Å². The zero-order valence-corrected chi connectivity index (χ0v) is 18.9. The Kier molecular flexibility index (Phi) is 5.99. The van der Waals surface area contributed by atoms with Gasteiger partial charge in [-0.25, -0.2) is 0 Å². The van der Waals surface area contributed by atoms with E-state index in [-0.39, 0.29) is 29.3 Å². The maximum absolute atomic E-state index is 13.6. The average molecular weight is 464 g/mol. The maximum Gasteiger partial charge on any atom is 0.246 e. The molecule has 2 amide bonds. The van der Waals surface area contributed by atoms with Crippen LogP contribution in [-0.2, 0) is 20.7 Å². The van der Waals surface area contributed by atoms with Gasteiger partial charge in [-0.2, -0.15) is 0 Å². The van der Waals surface area contributed by atoms with Gasteiger partial charge in [-0.3, -0.25) is 14.8 Å². The fourth-order valence-electron chi connectivity index (χ4n) is 5.15. The van der Waals surface area contributed by atoms with Crippen LogP contribution in [0.25, 0.3) is 10.9 Å². The molecule has 1 aromatic heterocycles. The van der Waals surface area contributed by atoms with Crippen molar-refractivity contribution in [3.63, 3.8) is 0 Å². The van der Waals surface area contributed by atoms with Gasteiger partial charge in [-0.1, -0.05) is 30.3 Å². The first-order valence-electron chi connectivity index (χ1n) is 11.5. The molecule has 0 radical (unpaired) electrons. The number of hydrogen-bond acceptors (Lipinski definition) is 6. The summed E-state index contributed by atoms with van der Waals surface area (Å²) in [6, 6.07) is 13.2. The number of aromatic amines is 1. The van der Waals surface area contributed by atoms with E-state index in [2.05, 4.69) is 4.98 Å². The summed E-state index contributed by atoms with van der Waals surface area (Å²) in [6.07, 6.45) is 1.11. The lowest BCUT2D eigenvalue weighted by molar-refractivity contribution is -0.158. The van der Waals surface area contributed by atoms with Crippen LogP contribution in [0.4, 0.5) is 5.69 Å². The number of nitrogens with one attached hydrogen (secondary N) is 1. The van der Waals surface area contributed by atoms with E-state index in [4.69, 9.17) is 4.74 Å². The molecule has 1 unspecified atom stereocenters. The molecule has 9 heteroatoms. The Morgan fingerprint density at radius 2 is 1.94 bits per heavy atom. The smallest absolute Gasteiger partial charge is 0.246 e. The molecule has 2 atom stereocenters. The molecule has 178 valence electrons. The van der Waals surface area contributed by atoms with E-state index in [1.54, 1.807) is 21.9 Å². The first-order valence-corrected chi connectivity index (χ1v) is 11.5. The molecule has 0 bridgehead atoms. The summed E-state index contributed by atoms with van der Waals surface area (Å²) >= 11 is 0. The van der Waals surface area contributed by atoms with Crippen molar-refractivity contribution in [1.82, 2.24) is 14.8 Å². The van der Waals surface area contributed by atoms with Gasteiger partial charge >= 0.3 is 0 Å². The van der Waals surface area contributed by atoms with Crippen LogP contribution in [0, 0.1) is 5.21 Å². The van der Waals surface area contributed by atoms with E-state index in [9.17, 15) is 20.0 Å². The Morgan fingerprint density at radius 3 is 2.68 bits per heavy atom. The molecule has 2 aliphatic heterocycles. The van der Waals surface area contributed by atoms with Crippen molar-refractivity contribution < 1.29 is 19.5 Å². The molecule has 5 rings (SSSR count). The third kappa shape index (κ3) is 3.81. The maximum atomic E-state index is 13.6. The van der Waals surface area contributed by atoms with Gasteiger partial charge in [0.25, 0.3) is 0 Å². The number of benzene rings is 2. The van der Waals surface area contributed by atoms with Crippen LogP contribution < -0.4 is 5.23 Å². The second-order valence-corrected chi connectivity index (χ2v) is 8.66. The molecule has 3 aromatic rings. The first kappa shape index (κ1) is 22.4. The Balaban J connectivity index is 1.55. The molecule has 2 N–H and O–H groups in total. The number of amides is 2. The quantitative estimate of drug-likeness (QED) is 0.412. The van der Waals surface area contributed by atoms with E-state index in [0.29, 0.717) is 32.6 Å². The van der Waals surface area contributed by atoms with Gasteiger partial charge in [-0.15, -0.1) is 0 Å². The van der Waals surface area contributed by atoms with Crippen molar-refractivity contribution >= 4 is 28.4 Å². The van der Waals surface area contributed by atoms with Crippen molar-refractivity contribution in [2.75, 3.05) is 31.5 Å². The van der Waals surface area contributed by atoms with Crippen LogP contribution in [0.15, 0.2) is 48.5 Å². The second kappa shape index (κ2) is 9.09. The van der Waals surface area contributed by atoms with Gasteiger partial charge in [0.05, 0.1) is 18.3 Å². The predicted octanol–water partition coefficient (Wildman–Crippen LogP) is 2.97. The molecule has 0 spiro atoms. The zero-order valence-electron chi connectivity index (χ0n) is 18.9. The van der Waals surface area contributed by atoms with E-state index < -0.39 is 12.1 Å². The summed E-state index contributed by atoms with van der Waals surface area (Å²) in [7, 11) is 0. The minimum atomic E-state index is -0.612. The van der Waals surface area contributed by atoms with Gasteiger partial charge in [0, 0.05) is 42.8 Å². The summed E-state index contributed by atoms with van der Waals surface area (Å²) in [4.78, 5) is 33.8. The first-order chi connectivity index (χ1) is 16.5. The summed E-state index contributed by atoms with van der Waals surface area (Å²) < 4.78 is 5.40. The Hall–Kier alpha value is -3.40. The number of H-pyrrole nitrogens is 1. The van der Waals surface area contributed by atoms with Gasteiger partial charge in [0.15, 0.2) is 0 Å². The minimum Gasteiger partial charge on any atom is -0.733 e. The topological polar surface area (TPSA) is 112 Å². The number of anilines is 1. The van der Waals surface area contributed by atoms with Crippen LogP contribution in [0.3, 0.4) is 0 Å².